The summed E-state index contributed by atoms with van der Waals surface area (Å²) in [5.41, 5.74) is 4.02. The largest absolute Gasteiger partial charge is 0.496 e. The second-order valence-corrected chi connectivity index (χ2v) is 6.81. The van der Waals surface area contributed by atoms with E-state index in [-0.39, 0.29) is 5.97 Å². The number of benzene rings is 3. The lowest BCUT2D eigenvalue weighted by atomic mass is 10.1. The number of nitrogens with zero attached hydrogens (tertiary/aromatic N) is 1. The monoisotopic (exact) mass is 373 g/mol. The van der Waals surface area contributed by atoms with Crippen molar-refractivity contribution in [2.75, 3.05) is 14.2 Å². The molecule has 0 unspecified atom stereocenters. The van der Waals surface area contributed by atoms with E-state index in [1.165, 1.54) is 23.6 Å². The molecule has 0 saturated heterocycles. The van der Waals surface area contributed by atoms with Gasteiger partial charge in [0, 0.05) is 28.4 Å². The number of esters is 1. The van der Waals surface area contributed by atoms with Crippen LogP contribution in [0, 0.1) is 0 Å². The maximum absolute atomic E-state index is 12.0. The fourth-order valence-electron chi connectivity index (χ4n) is 3.87. The van der Waals surface area contributed by atoms with Gasteiger partial charge in [-0.3, -0.25) is 0 Å². The lowest BCUT2D eigenvalue weighted by molar-refractivity contribution is 0.0601. The van der Waals surface area contributed by atoms with Gasteiger partial charge in [-0.15, -0.1) is 0 Å². The summed E-state index contributed by atoms with van der Waals surface area (Å²) in [4.78, 5) is 12.0. The number of aryl methyl sites for hydroxylation is 2. The minimum Gasteiger partial charge on any atom is -0.496 e. The molecule has 0 bridgehead atoms. The van der Waals surface area contributed by atoms with Crippen LogP contribution in [0.15, 0.2) is 66.7 Å². The van der Waals surface area contributed by atoms with Crippen LogP contribution in [0.5, 0.6) is 5.75 Å². The second kappa shape index (κ2) is 7.77. The highest BCUT2D eigenvalue weighted by Gasteiger charge is 2.14. The van der Waals surface area contributed by atoms with Gasteiger partial charge in [-0.2, -0.15) is 0 Å². The summed E-state index contributed by atoms with van der Waals surface area (Å²) >= 11 is 0. The Labute approximate surface area is 164 Å². The third kappa shape index (κ3) is 3.22. The van der Waals surface area contributed by atoms with Crippen LogP contribution in [0.4, 0.5) is 0 Å². The van der Waals surface area contributed by atoms with Crippen LogP contribution < -0.4 is 4.74 Å². The quantitative estimate of drug-likeness (QED) is 0.435. The van der Waals surface area contributed by atoms with Gasteiger partial charge in [0.25, 0.3) is 0 Å². The molecule has 142 valence electrons. The Hall–Kier alpha value is -3.27. The lowest BCUT2D eigenvalue weighted by Crippen LogP contribution is -2.03. The van der Waals surface area contributed by atoms with E-state index in [0.717, 1.165) is 36.0 Å². The minimum atomic E-state index is -0.312. The van der Waals surface area contributed by atoms with Crippen molar-refractivity contribution < 1.29 is 14.3 Å². The van der Waals surface area contributed by atoms with Crippen molar-refractivity contribution in [2.45, 2.75) is 19.4 Å². The summed E-state index contributed by atoms with van der Waals surface area (Å²) in [6.45, 7) is 0.854. The molecule has 1 heterocycles. The van der Waals surface area contributed by atoms with Crippen molar-refractivity contribution >= 4 is 27.8 Å². The average Bonchev–Trinajstić information content (AvgIpc) is 3.06. The number of hydrogen-bond donors (Lipinski definition) is 0. The Bertz CT molecular complexity index is 1140. The molecule has 0 fully saturated rings. The summed E-state index contributed by atoms with van der Waals surface area (Å²) in [5.74, 6) is 0.616. The first-order valence-electron chi connectivity index (χ1n) is 9.44. The molecular formula is C24H23NO3. The fraction of sp³-hybridized carbons (Fsp3) is 0.208. The molecule has 0 N–H and O–H groups in total. The summed E-state index contributed by atoms with van der Waals surface area (Å²) < 4.78 is 12.7. The molecule has 0 amide bonds. The van der Waals surface area contributed by atoms with E-state index in [0.29, 0.717) is 5.56 Å². The van der Waals surface area contributed by atoms with Gasteiger partial charge < -0.3 is 14.0 Å². The Morgan fingerprint density at radius 2 is 1.64 bits per heavy atom. The Balaban J connectivity index is 1.70. The van der Waals surface area contributed by atoms with Crippen molar-refractivity contribution in [2.24, 2.45) is 0 Å². The molecule has 0 aliphatic rings. The van der Waals surface area contributed by atoms with Crippen molar-refractivity contribution in [3.05, 3.63) is 77.9 Å². The van der Waals surface area contributed by atoms with Gasteiger partial charge in [-0.25, -0.2) is 4.79 Å². The number of methoxy groups -OCH3 is 2. The smallest absolute Gasteiger partial charge is 0.337 e. The molecule has 3 aromatic carbocycles. The zero-order valence-electron chi connectivity index (χ0n) is 16.1. The maximum atomic E-state index is 12.0. The van der Waals surface area contributed by atoms with E-state index in [9.17, 15) is 4.79 Å². The van der Waals surface area contributed by atoms with Crippen LogP contribution in [0.25, 0.3) is 21.8 Å². The molecular weight excluding hydrogens is 350 g/mol. The van der Waals surface area contributed by atoms with Gasteiger partial charge in [0.2, 0.25) is 0 Å². The van der Waals surface area contributed by atoms with E-state index in [1.54, 1.807) is 7.11 Å². The minimum absolute atomic E-state index is 0.312. The van der Waals surface area contributed by atoms with Crippen molar-refractivity contribution in [1.82, 2.24) is 4.57 Å². The van der Waals surface area contributed by atoms with Crippen LogP contribution in [-0.4, -0.2) is 24.8 Å². The Morgan fingerprint density at radius 3 is 2.46 bits per heavy atom. The highest BCUT2D eigenvalue weighted by atomic mass is 16.5. The second-order valence-electron chi connectivity index (χ2n) is 6.81. The fourth-order valence-corrected chi connectivity index (χ4v) is 3.87. The lowest BCUT2D eigenvalue weighted by Gasteiger charge is -2.10. The number of para-hydroxylation sites is 2. The van der Waals surface area contributed by atoms with Crippen LogP contribution >= 0.6 is 0 Å². The predicted molar refractivity (Wildman–Crippen MR) is 112 cm³/mol. The van der Waals surface area contributed by atoms with Gasteiger partial charge in [0.1, 0.15) is 5.75 Å². The third-order valence-electron chi connectivity index (χ3n) is 5.22. The summed E-state index contributed by atoms with van der Waals surface area (Å²) in [5, 5.41) is 2.35. The number of rotatable bonds is 6. The zero-order chi connectivity index (χ0) is 19.5. The SMILES string of the molecule is COC(=O)c1ccc2c3ccccc3n(CCCc3ccccc3OC)c2c1. The average molecular weight is 373 g/mol. The number of fused-ring (bicyclic) bond motifs is 3. The van der Waals surface area contributed by atoms with Crippen molar-refractivity contribution in [3.8, 4) is 5.75 Å². The number of hydrogen-bond acceptors (Lipinski definition) is 3. The molecule has 0 aliphatic heterocycles. The molecule has 0 saturated carbocycles. The van der Waals surface area contributed by atoms with Gasteiger partial charge in [0.15, 0.2) is 0 Å². The van der Waals surface area contributed by atoms with E-state index in [1.807, 2.05) is 36.4 Å². The highest BCUT2D eigenvalue weighted by molar-refractivity contribution is 6.09. The van der Waals surface area contributed by atoms with Crippen LogP contribution in [-0.2, 0) is 17.7 Å². The molecule has 1 aromatic heterocycles. The molecule has 0 spiro atoms. The van der Waals surface area contributed by atoms with Gasteiger partial charge in [-0.1, -0.05) is 42.5 Å². The number of aromatic nitrogens is 1. The first-order valence-corrected chi connectivity index (χ1v) is 9.44. The van der Waals surface area contributed by atoms with E-state index in [4.69, 9.17) is 9.47 Å². The van der Waals surface area contributed by atoms with Gasteiger partial charge in [-0.05, 0) is 42.7 Å². The summed E-state index contributed by atoms with van der Waals surface area (Å²) in [6, 6.07) is 22.3. The summed E-state index contributed by atoms with van der Waals surface area (Å²) in [6.07, 6.45) is 1.89. The molecule has 4 rings (SSSR count). The first kappa shape index (κ1) is 18.1. The maximum Gasteiger partial charge on any atom is 0.337 e. The molecule has 28 heavy (non-hydrogen) atoms. The molecule has 4 heteroatoms. The third-order valence-corrected chi connectivity index (χ3v) is 5.22. The normalized spacial score (nSPS) is 11.1. The van der Waals surface area contributed by atoms with Gasteiger partial charge >= 0.3 is 5.97 Å². The molecule has 0 aliphatic carbocycles. The van der Waals surface area contributed by atoms with Crippen LogP contribution in [0.2, 0.25) is 0 Å². The van der Waals surface area contributed by atoms with E-state index >= 15 is 0 Å². The summed E-state index contributed by atoms with van der Waals surface area (Å²) in [7, 11) is 3.12. The number of carbonyl (C=O) groups excluding carboxylic acids is 1. The van der Waals surface area contributed by atoms with Crippen LogP contribution in [0.3, 0.4) is 0 Å². The van der Waals surface area contributed by atoms with Gasteiger partial charge in [0.05, 0.1) is 19.8 Å². The standard InChI is InChI=1S/C24H23NO3/c1-27-23-12-6-3-8-17(23)9-7-15-25-21-11-5-4-10-19(21)20-14-13-18(16-22(20)25)24(26)28-2/h3-6,8,10-14,16H,7,9,15H2,1-2H3. The van der Waals surface area contributed by atoms with Crippen molar-refractivity contribution in [3.63, 3.8) is 0 Å². The molecule has 4 nitrogen and oxygen atoms in total. The van der Waals surface area contributed by atoms with E-state index in [2.05, 4.69) is 34.9 Å². The highest BCUT2D eigenvalue weighted by Crippen LogP contribution is 2.30. The molecule has 0 atom stereocenters. The number of ether oxygens (including phenoxy) is 2. The predicted octanol–water partition coefficient (Wildman–Crippen LogP) is 5.22. The zero-order valence-corrected chi connectivity index (χ0v) is 16.1. The first-order chi connectivity index (χ1) is 13.7. The Kier molecular flexibility index (Phi) is 5.02. The van der Waals surface area contributed by atoms with E-state index < -0.39 is 0 Å². The van der Waals surface area contributed by atoms with Crippen LogP contribution in [0.1, 0.15) is 22.3 Å². The number of carbonyl (C=O) groups is 1. The molecule has 4 aromatic rings. The Morgan fingerprint density at radius 1 is 0.893 bits per heavy atom. The topological polar surface area (TPSA) is 40.5 Å². The van der Waals surface area contributed by atoms with Crippen molar-refractivity contribution in [1.29, 1.82) is 0 Å². The molecule has 0 radical (unpaired) electrons.